The first-order valence-electron chi connectivity index (χ1n) is 5.58. The Hall–Kier alpha value is -1.81. The average Bonchev–Trinajstić information content (AvgIpc) is 2.67. The Balaban J connectivity index is 1.98. The number of hydrogen-bond acceptors (Lipinski definition) is 4. The number of rotatable bonds is 4. The van der Waals surface area contributed by atoms with E-state index in [-0.39, 0.29) is 0 Å². The molecule has 0 fully saturated rings. The van der Waals surface area contributed by atoms with Crippen molar-refractivity contribution in [3.05, 3.63) is 47.5 Å². The van der Waals surface area contributed by atoms with Crippen LogP contribution < -0.4 is 5.73 Å². The molecular weight excluding hydrogens is 214 g/mol. The summed E-state index contributed by atoms with van der Waals surface area (Å²) in [7, 11) is 2.03. The normalized spacial score (nSPS) is 11.0. The molecule has 0 spiro atoms. The molecular formula is C13H17N3O. The van der Waals surface area contributed by atoms with Crippen LogP contribution in [0.15, 0.2) is 34.9 Å². The van der Waals surface area contributed by atoms with Crippen molar-refractivity contribution in [2.75, 3.05) is 12.8 Å². The maximum absolute atomic E-state index is 5.81. The molecule has 0 atom stereocenters. The van der Waals surface area contributed by atoms with Crippen molar-refractivity contribution in [3.63, 3.8) is 0 Å². The molecule has 0 unspecified atom stereocenters. The number of nitrogens with zero attached hydrogens (tertiary/aromatic N) is 2. The summed E-state index contributed by atoms with van der Waals surface area (Å²) in [4.78, 5) is 6.22. The largest absolute Gasteiger partial charge is 0.465 e. The van der Waals surface area contributed by atoms with Crippen LogP contribution in [0.5, 0.6) is 0 Å². The van der Waals surface area contributed by atoms with Gasteiger partial charge in [0.2, 0.25) is 0 Å². The number of anilines is 1. The molecule has 17 heavy (non-hydrogen) atoms. The highest BCUT2D eigenvalue weighted by Crippen LogP contribution is 2.13. The number of aromatic nitrogens is 1. The summed E-state index contributed by atoms with van der Waals surface area (Å²) in [5.41, 5.74) is 6.85. The Bertz CT molecular complexity index is 493. The number of nitrogens with two attached hydrogens (primary N) is 1. The number of aryl methyl sites for hydroxylation is 1. The molecule has 0 aliphatic rings. The summed E-state index contributed by atoms with van der Waals surface area (Å²) in [6.45, 7) is 3.48. The van der Waals surface area contributed by atoms with Gasteiger partial charge in [0.05, 0.1) is 6.54 Å². The lowest BCUT2D eigenvalue weighted by atomic mass is 10.2. The van der Waals surface area contributed by atoms with Crippen molar-refractivity contribution in [1.29, 1.82) is 0 Å². The quantitative estimate of drug-likeness (QED) is 0.876. The minimum Gasteiger partial charge on any atom is -0.465 e. The van der Waals surface area contributed by atoms with E-state index in [0.29, 0.717) is 5.82 Å². The van der Waals surface area contributed by atoms with Gasteiger partial charge in [-0.3, -0.25) is 4.90 Å². The second-order valence-corrected chi connectivity index (χ2v) is 4.23. The second-order valence-electron chi connectivity index (χ2n) is 4.23. The third kappa shape index (κ3) is 3.07. The fraction of sp³-hybridized carbons (Fsp3) is 0.308. The van der Waals surface area contributed by atoms with Crippen LogP contribution in [0.2, 0.25) is 0 Å². The lowest BCUT2D eigenvalue weighted by molar-refractivity contribution is 0.285. The first-order chi connectivity index (χ1) is 8.15. The van der Waals surface area contributed by atoms with Gasteiger partial charge in [-0.25, -0.2) is 4.98 Å². The van der Waals surface area contributed by atoms with E-state index in [9.17, 15) is 0 Å². The molecule has 0 saturated carbocycles. The molecule has 4 heteroatoms. The van der Waals surface area contributed by atoms with Crippen LogP contribution in [-0.2, 0) is 13.1 Å². The molecule has 0 aromatic carbocycles. The Morgan fingerprint density at radius 3 is 2.76 bits per heavy atom. The van der Waals surface area contributed by atoms with Gasteiger partial charge in [-0.15, -0.1) is 0 Å². The Labute approximate surface area is 101 Å². The molecule has 0 amide bonds. The van der Waals surface area contributed by atoms with Crippen LogP contribution >= 0.6 is 0 Å². The highest BCUT2D eigenvalue weighted by Gasteiger charge is 2.07. The second kappa shape index (κ2) is 5.01. The maximum Gasteiger partial charge on any atom is 0.127 e. The van der Waals surface area contributed by atoms with Crippen LogP contribution in [0, 0.1) is 6.92 Å². The molecule has 0 aliphatic carbocycles. The van der Waals surface area contributed by atoms with Crippen molar-refractivity contribution >= 4 is 5.82 Å². The van der Waals surface area contributed by atoms with Crippen LogP contribution in [-0.4, -0.2) is 16.9 Å². The lowest BCUT2D eigenvalue weighted by Gasteiger charge is -2.15. The van der Waals surface area contributed by atoms with Crippen molar-refractivity contribution in [2.24, 2.45) is 0 Å². The number of pyridine rings is 1. The summed E-state index contributed by atoms with van der Waals surface area (Å²) < 4.78 is 5.53. The first-order valence-corrected chi connectivity index (χ1v) is 5.58. The van der Waals surface area contributed by atoms with Crippen molar-refractivity contribution in [2.45, 2.75) is 20.0 Å². The van der Waals surface area contributed by atoms with E-state index < -0.39 is 0 Å². The monoisotopic (exact) mass is 231 g/mol. The SMILES string of the molecule is Cc1ccc(CN(C)Cc2cccnc2N)o1. The Morgan fingerprint density at radius 1 is 1.29 bits per heavy atom. The van der Waals surface area contributed by atoms with Gasteiger partial charge in [-0.05, 0) is 32.2 Å². The van der Waals surface area contributed by atoms with E-state index in [0.717, 1.165) is 30.2 Å². The predicted molar refractivity (Wildman–Crippen MR) is 67.3 cm³/mol. The molecule has 2 N–H and O–H groups in total. The van der Waals surface area contributed by atoms with Gasteiger partial charge in [-0.2, -0.15) is 0 Å². The zero-order chi connectivity index (χ0) is 12.3. The zero-order valence-corrected chi connectivity index (χ0v) is 10.2. The first kappa shape index (κ1) is 11.7. The van der Waals surface area contributed by atoms with E-state index in [2.05, 4.69) is 9.88 Å². The van der Waals surface area contributed by atoms with E-state index in [1.807, 2.05) is 38.2 Å². The fourth-order valence-electron chi connectivity index (χ4n) is 1.77. The summed E-state index contributed by atoms with van der Waals surface area (Å²) in [5, 5.41) is 0. The highest BCUT2D eigenvalue weighted by molar-refractivity contribution is 5.38. The van der Waals surface area contributed by atoms with Gasteiger partial charge in [0, 0.05) is 18.3 Å². The molecule has 2 rings (SSSR count). The van der Waals surface area contributed by atoms with E-state index >= 15 is 0 Å². The van der Waals surface area contributed by atoms with E-state index in [1.54, 1.807) is 6.20 Å². The summed E-state index contributed by atoms with van der Waals surface area (Å²) in [6.07, 6.45) is 1.70. The standard InChI is InChI=1S/C13H17N3O/c1-10-5-6-12(17-10)9-16(2)8-11-4-3-7-15-13(11)14/h3-7H,8-9H2,1-2H3,(H2,14,15). The smallest absolute Gasteiger partial charge is 0.127 e. The molecule has 2 aromatic rings. The molecule has 4 nitrogen and oxygen atoms in total. The van der Waals surface area contributed by atoms with Crippen LogP contribution in [0.3, 0.4) is 0 Å². The maximum atomic E-state index is 5.81. The third-order valence-corrected chi connectivity index (χ3v) is 2.59. The third-order valence-electron chi connectivity index (χ3n) is 2.59. The number of furan rings is 1. The molecule has 0 saturated heterocycles. The van der Waals surface area contributed by atoms with Gasteiger partial charge in [0.1, 0.15) is 17.3 Å². The fourth-order valence-corrected chi connectivity index (χ4v) is 1.77. The number of nitrogen functional groups attached to an aromatic ring is 1. The van der Waals surface area contributed by atoms with Crippen molar-refractivity contribution < 1.29 is 4.42 Å². The lowest BCUT2D eigenvalue weighted by Crippen LogP contribution is -2.18. The van der Waals surface area contributed by atoms with Gasteiger partial charge in [-0.1, -0.05) is 6.07 Å². The van der Waals surface area contributed by atoms with Gasteiger partial charge >= 0.3 is 0 Å². The molecule has 2 heterocycles. The molecule has 0 bridgehead atoms. The van der Waals surface area contributed by atoms with E-state index in [1.165, 1.54) is 0 Å². The molecule has 90 valence electrons. The van der Waals surface area contributed by atoms with Crippen LogP contribution in [0.1, 0.15) is 17.1 Å². The van der Waals surface area contributed by atoms with Crippen molar-refractivity contribution in [3.8, 4) is 0 Å². The predicted octanol–water partition coefficient (Wildman–Crippen LogP) is 2.20. The molecule has 0 radical (unpaired) electrons. The average molecular weight is 231 g/mol. The van der Waals surface area contributed by atoms with Crippen LogP contribution in [0.25, 0.3) is 0 Å². The highest BCUT2D eigenvalue weighted by atomic mass is 16.3. The number of hydrogen-bond donors (Lipinski definition) is 1. The zero-order valence-electron chi connectivity index (χ0n) is 10.2. The molecule has 0 aliphatic heterocycles. The minimum absolute atomic E-state index is 0.593. The summed E-state index contributed by atoms with van der Waals surface area (Å²) in [6, 6.07) is 7.86. The van der Waals surface area contributed by atoms with Crippen LogP contribution in [0.4, 0.5) is 5.82 Å². The Morgan fingerprint density at radius 2 is 2.12 bits per heavy atom. The van der Waals surface area contributed by atoms with Gasteiger partial charge in [0.15, 0.2) is 0 Å². The molecule has 2 aromatic heterocycles. The minimum atomic E-state index is 0.593. The Kier molecular flexibility index (Phi) is 3.44. The summed E-state index contributed by atoms with van der Waals surface area (Å²) >= 11 is 0. The van der Waals surface area contributed by atoms with Gasteiger partial charge in [0.25, 0.3) is 0 Å². The van der Waals surface area contributed by atoms with Crippen molar-refractivity contribution in [1.82, 2.24) is 9.88 Å². The van der Waals surface area contributed by atoms with Gasteiger partial charge < -0.3 is 10.2 Å². The van der Waals surface area contributed by atoms with E-state index in [4.69, 9.17) is 10.2 Å². The summed E-state index contributed by atoms with van der Waals surface area (Å²) in [5.74, 6) is 2.50. The topological polar surface area (TPSA) is 55.3 Å².